The number of carbonyl (C=O) groups excluding carboxylic acids is 2. The first-order valence-electron chi connectivity index (χ1n) is 8.49. The highest BCUT2D eigenvalue weighted by atomic mass is 16.2. The quantitative estimate of drug-likeness (QED) is 0.680. The molecule has 1 aromatic heterocycles. The minimum atomic E-state index is -0.259. The molecular formula is C21H20N4O2. The minimum Gasteiger partial charge on any atom is -0.326 e. The molecule has 27 heavy (non-hydrogen) atoms. The largest absolute Gasteiger partial charge is 0.326 e. The molecule has 136 valence electrons. The van der Waals surface area contributed by atoms with Gasteiger partial charge < -0.3 is 10.6 Å². The first kappa shape index (κ1) is 18.1. The average molecular weight is 360 g/mol. The molecule has 2 amide bonds. The second-order valence-electron chi connectivity index (χ2n) is 6.04. The van der Waals surface area contributed by atoms with Gasteiger partial charge in [0.15, 0.2) is 0 Å². The molecule has 0 fully saturated rings. The molecule has 0 bridgehead atoms. The summed E-state index contributed by atoms with van der Waals surface area (Å²) >= 11 is 0. The van der Waals surface area contributed by atoms with E-state index in [4.69, 9.17) is 0 Å². The second-order valence-corrected chi connectivity index (χ2v) is 6.04. The van der Waals surface area contributed by atoms with E-state index in [1.807, 2.05) is 43.5 Å². The van der Waals surface area contributed by atoms with Gasteiger partial charge in [-0.15, -0.1) is 0 Å². The number of nitrogens with one attached hydrogen (secondary N) is 2. The predicted molar refractivity (Wildman–Crippen MR) is 107 cm³/mol. The Hall–Kier alpha value is -3.67. The molecule has 3 aromatic rings. The highest BCUT2D eigenvalue weighted by Gasteiger charge is 2.07. The highest BCUT2D eigenvalue weighted by molar-refractivity contribution is 6.03. The van der Waals surface area contributed by atoms with Crippen LogP contribution in [0, 0.1) is 6.92 Å². The minimum absolute atomic E-state index is 0.156. The van der Waals surface area contributed by atoms with E-state index >= 15 is 0 Å². The summed E-state index contributed by atoms with van der Waals surface area (Å²) < 4.78 is 1.75. The zero-order valence-electron chi connectivity index (χ0n) is 15.1. The van der Waals surface area contributed by atoms with Crippen molar-refractivity contribution in [1.29, 1.82) is 0 Å². The number of hydrogen-bond donors (Lipinski definition) is 2. The van der Waals surface area contributed by atoms with E-state index in [0.717, 1.165) is 16.8 Å². The number of amides is 2. The van der Waals surface area contributed by atoms with Gasteiger partial charge in [0.25, 0.3) is 0 Å². The van der Waals surface area contributed by atoms with Crippen molar-refractivity contribution in [2.45, 2.75) is 13.8 Å². The number of aromatic nitrogens is 2. The van der Waals surface area contributed by atoms with Crippen LogP contribution in [-0.2, 0) is 9.59 Å². The molecular weight excluding hydrogens is 340 g/mol. The maximum absolute atomic E-state index is 12.2. The van der Waals surface area contributed by atoms with Gasteiger partial charge in [0.1, 0.15) is 0 Å². The van der Waals surface area contributed by atoms with Crippen LogP contribution in [0.2, 0.25) is 0 Å². The molecule has 3 rings (SSSR count). The monoisotopic (exact) mass is 360 g/mol. The van der Waals surface area contributed by atoms with Crippen molar-refractivity contribution in [3.05, 3.63) is 78.1 Å². The molecule has 0 radical (unpaired) electrons. The lowest BCUT2D eigenvalue weighted by Gasteiger charge is -2.11. The molecule has 0 aliphatic carbocycles. The van der Waals surface area contributed by atoms with Crippen LogP contribution in [0.4, 0.5) is 11.4 Å². The van der Waals surface area contributed by atoms with Crippen molar-refractivity contribution in [2.75, 3.05) is 10.6 Å². The number of rotatable bonds is 5. The summed E-state index contributed by atoms with van der Waals surface area (Å²) in [5.41, 5.74) is 3.89. The highest BCUT2D eigenvalue weighted by Crippen LogP contribution is 2.23. The number of anilines is 2. The van der Waals surface area contributed by atoms with Gasteiger partial charge in [-0.05, 0) is 42.8 Å². The number of benzene rings is 2. The number of nitrogens with zero attached hydrogens (tertiary/aromatic N) is 2. The fourth-order valence-electron chi connectivity index (χ4n) is 2.59. The van der Waals surface area contributed by atoms with Crippen molar-refractivity contribution in [3.63, 3.8) is 0 Å². The first-order valence-corrected chi connectivity index (χ1v) is 8.49. The first-order chi connectivity index (χ1) is 13.0. The van der Waals surface area contributed by atoms with Gasteiger partial charge in [-0.3, -0.25) is 9.59 Å². The van der Waals surface area contributed by atoms with Crippen LogP contribution in [-0.4, -0.2) is 21.6 Å². The van der Waals surface area contributed by atoms with Crippen LogP contribution in [0.3, 0.4) is 0 Å². The van der Waals surface area contributed by atoms with E-state index in [9.17, 15) is 9.59 Å². The van der Waals surface area contributed by atoms with Gasteiger partial charge in [-0.1, -0.05) is 24.3 Å². The summed E-state index contributed by atoms with van der Waals surface area (Å²) in [7, 11) is 0. The Morgan fingerprint density at radius 1 is 1.00 bits per heavy atom. The average Bonchev–Trinajstić information content (AvgIpc) is 3.13. The third-order valence-electron chi connectivity index (χ3n) is 3.95. The number of para-hydroxylation sites is 1. The van der Waals surface area contributed by atoms with Gasteiger partial charge in [-0.2, -0.15) is 5.10 Å². The van der Waals surface area contributed by atoms with E-state index in [1.54, 1.807) is 35.2 Å². The van der Waals surface area contributed by atoms with Gasteiger partial charge >= 0.3 is 0 Å². The molecule has 6 nitrogen and oxygen atoms in total. The summed E-state index contributed by atoms with van der Waals surface area (Å²) in [5, 5.41) is 9.87. The van der Waals surface area contributed by atoms with E-state index in [1.165, 1.54) is 13.0 Å². The fraction of sp³-hybridized carbons (Fsp3) is 0.0952. The van der Waals surface area contributed by atoms with Crippen molar-refractivity contribution in [1.82, 2.24) is 9.78 Å². The molecule has 0 atom stereocenters. The fourth-order valence-corrected chi connectivity index (χ4v) is 2.59. The Labute approximate surface area is 157 Å². The van der Waals surface area contributed by atoms with Crippen LogP contribution in [0.15, 0.2) is 67.0 Å². The Morgan fingerprint density at radius 2 is 1.70 bits per heavy atom. The summed E-state index contributed by atoms with van der Waals surface area (Å²) in [6, 6.07) is 15.1. The van der Waals surface area contributed by atoms with Crippen LogP contribution in [0.1, 0.15) is 18.1 Å². The van der Waals surface area contributed by atoms with Crippen molar-refractivity contribution < 1.29 is 9.59 Å². The molecule has 0 saturated carbocycles. The van der Waals surface area contributed by atoms with Crippen LogP contribution in [0.25, 0.3) is 11.8 Å². The van der Waals surface area contributed by atoms with E-state index in [0.29, 0.717) is 11.4 Å². The standard InChI is InChI=1S/C21H20N4O2/c1-15-19(23-16(2)26)9-6-10-20(15)24-21(27)12-11-17-13-22-25(14-17)18-7-4-3-5-8-18/h3-14H,1-2H3,(H,23,26)(H,24,27)/b12-11+. The van der Waals surface area contributed by atoms with Crippen LogP contribution < -0.4 is 10.6 Å². The molecule has 2 aromatic carbocycles. The van der Waals surface area contributed by atoms with Gasteiger partial charge in [-0.25, -0.2) is 4.68 Å². The smallest absolute Gasteiger partial charge is 0.248 e. The molecule has 0 aliphatic rings. The Bertz CT molecular complexity index is 990. The maximum Gasteiger partial charge on any atom is 0.248 e. The number of hydrogen-bond acceptors (Lipinski definition) is 3. The second kappa shape index (κ2) is 8.14. The molecule has 6 heteroatoms. The van der Waals surface area contributed by atoms with Gasteiger partial charge in [0, 0.05) is 36.1 Å². The van der Waals surface area contributed by atoms with E-state index in [2.05, 4.69) is 15.7 Å². The summed E-state index contributed by atoms with van der Waals surface area (Å²) in [6.07, 6.45) is 6.70. The third-order valence-corrected chi connectivity index (χ3v) is 3.95. The number of carbonyl (C=O) groups is 2. The Kier molecular flexibility index (Phi) is 5.47. The lowest BCUT2D eigenvalue weighted by Crippen LogP contribution is -2.12. The van der Waals surface area contributed by atoms with Crippen molar-refractivity contribution >= 4 is 29.3 Å². The normalized spacial score (nSPS) is 10.7. The summed E-state index contributed by atoms with van der Waals surface area (Å²) in [4.78, 5) is 23.5. The predicted octanol–water partition coefficient (Wildman–Crippen LogP) is 3.79. The Balaban J connectivity index is 1.68. The van der Waals surface area contributed by atoms with E-state index < -0.39 is 0 Å². The molecule has 0 aliphatic heterocycles. The zero-order valence-corrected chi connectivity index (χ0v) is 15.1. The topological polar surface area (TPSA) is 76.0 Å². The summed E-state index contributed by atoms with van der Waals surface area (Å²) in [6.45, 7) is 3.29. The molecule has 0 spiro atoms. The molecule has 2 N–H and O–H groups in total. The molecule has 0 unspecified atom stereocenters. The lowest BCUT2D eigenvalue weighted by molar-refractivity contribution is -0.114. The maximum atomic E-state index is 12.2. The van der Waals surface area contributed by atoms with Crippen molar-refractivity contribution in [3.8, 4) is 5.69 Å². The Morgan fingerprint density at radius 3 is 2.41 bits per heavy atom. The van der Waals surface area contributed by atoms with Crippen LogP contribution >= 0.6 is 0 Å². The lowest BCUT2D eigenvalue weighted by atomic mass is 10.1. The molecule has 1 heterocycles. The SMILES string of the molecule is CC(=O)Nc1cccc(NC(=O)/C=C/c2cnn(-c3ccccc3)c2)c1C. The summed E-state index contributed by atoms with van der Waals surface area (Å²) in [5.74, 6) is -0.414. The van der Waals surface area contributed by atoms with Crippen LogP contribution in [0.5, 0.6) is 0 Å². The van der Waals surface area contributed by atoms with Gasteiger partial charge in [0.2, 0.25) is 11.8 Å². The molecule has 0 saturated heterocycles. The van der Waals surface area contributed by atoms with Gasteiger partial charge in [0.05, 0.1) is 11.9 Å². The third kappa shape index (κ3) is 4.70. The van der Waals surface area contributed by atoms with E-state index in [-0.39, 0.29) is 11.8 Å². The zero-order chi connectivity index (χ0) is 19.2. The van der Waals surface area contributed by atoms with Crippen molar-refractivity contribution in [2.24, 2.45) is 0 Å².